The molecule has 0 spiro atoms. The largest absolute Gasteiger partial charge is 0.506 e. The van der Waals surface area contributed by atoms with Crippen LogP contribution in [0.2, 0.25) is 0 Å². The van der Waals surface area contributed by atoms with Crippen molar-refractivity contribution < 1.29 is 27.5 Å². The molecule has 2 aliphatic rings. The molecule has 0 aromatic heterocycles. The monoisotopic (exact) mass is 358 g/mol. The van der Waals surface area contributed by atoms with Gasteiger partial charge >= 0.3 is 10.2 Å². The highest BCUT2D eigenvalue weighted by Crippen LogP contribution is 2.35. The van der Waals surface area contributed by atoms with Crippen LogP contribution >= 0.6 is 0 Å². The van der Waals surface area contributed by atoms with Gasteiger partial charge in [0.15, 0.2) is 5.82 Å². The lowest BCUT2D eigenvalue weighted by molar-refractivity contribution is -0.117. The molecule has 2 amide bonds. The summed E-state index contributed by atoms with van der Waals surface area (Å²) in [6, 6.07) is 1.91. The van der Waals surface area contributed by atoms with Crippen molar-refractivity contribution in [2.45, 2.75) is 12.5 Å². The maximum Gasteiger partial charge on any atom is 0.326 e. The number of halogens is 1. The van der Waals surface area contributed by atoms with Gasteiger partial charge in [0.1, 0.15) is 18.0 Å². The van der Waals surface area contributed by atoms with E-state index in [0.29, 0.717) is 17.3 Å². The Hall–Kier alpha value is -2.40. The lowest BCUT2D eigenvalue weighted by atomic mass is 10.1. The van der Waals surface area contributed by atoms with E-state index >= 15 is 0 Å². The van der Waals surface area contributed by atoms with E-state index in [1.54, 1.807) is 4.72 Å². The molecule has 2 heterocycles. The fourth-order valence-electron chi connectivity index (χ4n) is 2.65. The summed E-state index contributed by atoms with van der Waals surface area (Å²) in [6.07, 6.45) is 0.692. The number of amides is 2. The van der Waals surface area contributed by atoms with E-state index in [1.165, 1.54) is 0 Å². The standard InChI is InChI=1S/C13H15FN4O5S/c14-11-8(13(21)16-7-3-4-15-5-7)1-2-9(19)12(11)18-6-10(20)17-24(18,22)23/h1-2,7,15,19H,3-6H2,(H,16,21)(H,17,20). The van der Waals surface area contributed by atoms with Gasteiger partial charge in [0.2, 0.25) is 0 Å². The van der Waals surface area contributed by atoms with E-state index in [-0.39, 0.29) is 6.04 Å². The SMILES string of the molecule is O=C1CN(c2c(O)ccc(C(=O)NC3CCNC3)c2F)S(=O)(=O)N1. The molecule has 24 heavy (non-hydrogen) atoms. The maximum absolute atomic E-state index is 14.7. The van der Waals surface area contributed by atoms with Gasteiger partial charge in [0.25, 0.3) is 11.8 Å². The van der Waals surface area contributed by atoms with Gasteiger partial charge in [0, 0.05) is 12.6 Å². The van der Waals surface area contributed by atoms with Crippen molar-refractivity contribution in [2.24, 2.45) is 0 Å². The average molecular weight is 358 g/mol. The van der Waals surface area contributed by atoms with Gasteiger partial charge in [-0.3, -0.25) is 9.59 Å². The number of hydrogen-bond acceptors (Lipinski definition) is 6. The smallest absolute Gasteiger partial charge is 0.326 e. The van der Waals surface area contributed by atoms with Gasteiger partial charge in [-0.15, -0.1) is 0 Å². The van der Waals surface area contributed by atoms with Crippen LogP contribution in [-0.2, 0) is 15.0 Å². The molecule has 0 bridgehead atoms. The molecule has 1 unspecified atom stereocenters. The molecule has 4 N–H and O–H groups in total. The Morgan fingerprint density at radius 1 is 1.42 bits per heavy atom. The molecule has 9 nitrogen and oxygen atoms in total. The second-order valence-corrected chi connectivity index (χ2v) is 7.09. The number of carbonyl (C=O) groups is 2. The van der Waals surface area contributed by atoms with Crippen molar-refractivity contribution in [2.75, 3.05) is 23.9 Å². The number of nitrogens with zero attached hydrogens (tertiary/aromatic N) is 1. The molecular weight excluding hydrogens is 343 g/mol. The van der Waals surface area contributed by atoms with Crippen LogP contribution in [-0.4, -0.2) is 51.0 Å². The number of rotatable bonds is 3. The normalized spacial score (nSPS) is 22.5. The summed E-state index contributed by atoms with van der Waals surface area (Å²) < 4.78 is 40.5. The molecule has 1 aromatic carbocycles. The molecule has 130 valence electrons. The molecule has 0 radical (unpaired) electrons. The lowest BCUT2D eigenvalue weighted by Crippen LogP contribution is -2.37. The Balaban J connectivity index is 1.96. The fraction of sp³-hybridized carbons (Fsp3) is 0.385. The molecule has 2 fully saturated rings. The first-order chi connectivity index (χ1) is 11.3. The average Bonchev–Trinajstić information content (AvgIpc) is 3.06. The minimum atomic E-state index is -4.31. The molecule has 2 aliphatic heterocycles. The molecule has 0 saturated carbocycles. The van der Waals surface area contributed by atoms with Crippen LogP contribution in [0.25, 0.3) is 0 Å². The Bertz CT molecular complexity index is 807. The number of anilines is 1. The van der Waals surface area contributed by atoms with Crippen molar-refractivity contribution in [3.63, 3.8) is 0 Å². The topological polar surface area (TPSA) is 128 Å². The number of phenolic OH excluding ortho intramolecular Hbond substituents is 1. The first-order valence-corrected chi connectivity index (χ1v) is 8.60. The Morgan fingerprint density at radius 3 is 2.75 bits per heavy atom. The predicted octanol–water partition coefficient (Wildman–Crippen LogP) is -1.20. The van der Waals surface area contributed by atoms with E-state index in [9.17, 15) is 27.5 Å². The van der Waals surface area contributed by atoms with Gasteiger partial charge in [-0.2, -0.15) is 8.42 Å². The second-order valence-electron chi connectivity index (χ2n) is 5.49. The van der Waals surface area contributed by atoms with Crippen molar-refractivity contribution in [1.82, 2.24) is 15.4 Å². The van der Waals surface area contributed by atoms with Crippen LogP contribution in [0.1, 0.15) is 16.8 Å². The van der Waals surface area contributed by atoms with E-state index < -0.39 is 51.4 Å². The highest BCUT2D eigenvalue weighted by atomic mass is 32.2. The first kappa shape index (κ1) is 16.5. The summed E-state index contributed by atoms with van der Waals surface area (Å²) >= 11 is 0. The summed E-state index contributed by atoms with van der Waals surface area (Å²) in [4.78, 5) is 23.5. The van der Waals surface area contributed by atoms with Gasteiger partial charge in [0.05, 0.1) is 5.56 Å². The number of nitrogens with one attached hydrogen (secondary N) is 3. The van der Waals surface area contributed by atoms with Gasteiger partial charge in [-0.1, -0.05) is 0 Å². The van der Waals surface area contributed by atoms with E-state index in [2.05, 4.69) is 10.6 Å². The summed E-state index contributed by atoms with van der Waals surface area (Å²) in [7, 11) is -4.31. The van der Waals surface area contributed by atoms with Crippen LogP contribution in [0.5, 0.6) is 5.75 Å². The van der Waals surface area contributed by atoms with Gasteiger partial charge in [-0.25, -0.2) is 13.4 Å². The van der Waals surface area contributed by atoms with Crippen molar-refractivity contribution in [3.05, 3.63) is 23.5 Å². The van der Waals surface area contributed by atoms with E-state index in [1.807, 2.05) is 0 Å². The summed E-state index contributed by atoms with van der Waals surface area (Å²) in [5.74, 6) is -3.48. The number of carbonyl (C=O) groups excluding carboxylic acids is 2. The second kappa shape index (κ2) is 5.91. The minimum Gasteiger partial charge on any atom is -0.506 e. The number of benzene rings is 1. The number of aromatic hydroxyl groups is 1. The molecule has 1 aromatic rings. The zero-order valence-electron chi connectivity index (χ0n) is 12.4. The maximum atomic E-state index is 14.7. The Kier molecular flexibility index (Phi) is 4.05. The molecule has 3 rings (SSSR count). The van der Waals surface area contributed by atoms with Crippen molar-refractivity contribution in [1.29, 1.82) is 0 Å². The Morgan fingerprint density at radius 2 is 2.17 bits per heavy atom. The molecular formula is C13H15FN4O5S. The summed E-state index contributed by atoms with van der Waals surface area (Å²) in [5, 5.41) is 15.5. The quantitative estimate of drug-likeness (QED) is 0.538. The summed E-state index contributed by atoms with van der Waals surface area (Å²) in [5.41, 5.74) is -1.14. The van der Waals surface area contributed by atoms with Crippen LogP contribution in [0.15, 0.2) is 12.1 Å². The van der Waals surface area contributed by atoms with Crippen molar-refractivity contribution in [3.8, 4) is 5.75 Å². The lowest BCUT2D eigenvalue weighted by Gasteiger charge is -2.19. The molecule has 0 aliphatic carbocycles. The summed E-state index contributed by atoms with van der Waals surface area (Å²) in [6.45, 7) is 0.607. The third kappa shape index (κ3) is 2.87. The van der Waals surface area contributed by atoms with Crippen LogP contribution in [0.4, 0.5) is 10.1 Å². The molecule has 11 heteroatoms. The van der Waals surface area contributed by atoms with E-state index in [0.717, 1.165) is 18.7 Å². The fourth-order valence-corrected chi connectivity index (χ4v) is 3.82. The van der Waals surface area contributed by atoms with Crippen LogP contribution in [0.3, 0.4) is 0 Å². The molecule has 1 atom stereocenters. The van der Waals surface area contributed by atoms with Gasteiger partial charge in [-0.05, 0) is 25.1 Å². The van der Waals surface area contributed by atoms with E-state index in [4.69, 9.17) is 0 Å². The number of hydrogen-bond donors (Lipinski definition) is 4. The first-order valence-electron chi connectivity index (χ1n) is 7.16. The zero-order valence-corrected chi connectivity index (χ0v) is 13.2. The highest BCUT2D eigenvalue weighted by molar-refractivity contribution is 7.92. The highest BCUT2D eigenvalue weighted by Gasteiger charge is 2.38. The minimum absolute atomic E-state index is 0.159. The van der Waals surface area contributed by atoms with Crippen LogP contribution < -0.4 is 19.7 Å². The van der Waals surface area contributed by atoms with Gasteiger partial charge < -0.3 is 15.7 Å². The third-order valence-corrected chi connectivity index (χ3v) is 5.18. The zero-order chi connectivity index (χ0) is 17.5. The Labute approximate surface area is 137 Å². The van der Waals surface area contributed by atoms with Crippen LogP contribution in [0, 0.1) is 5.82 Å². The predicted molar refractivity (Wildman–Crippen MR) is 81.2 cm³/mol. The molecule has 2 saturated heterocycles. The number of phenols is 1. The van der Waals surface area contributed by atoms with Crippen molar-refractivity contribution >= 4 is 27.7 Å². The third-order valence-electron chi connectivity index (χ3n) is 3.80.